The second-order valence-electron chi connectivity index (χ2n) is 8.88. The molecule has 4 amide bonds. The molecule has 0 saturated heterocycles. The van der Waals surface area contributed by atoms with Crippen molar-refractivity contribution in [3.8, 4) is 0 Å². The number of carbonyl (C=O) groups excluding carboxylic acids is 4. The summed E-state index contributed by atoms with van der Waals surface area (Å²) in [7, 11) is 0. The molecule has 0 spiro atoms. The standard InChI is InChI=1S/C21H40N6O6/c1-11(2)9-13(23)18(29)26-15(10-16(24)28)19(30)27-17(12(3)4)20(31)25-14(21(32)33)7-5-6-8-22/h11-15,17H,5-10,22-23H2,1-4H3,(H2,24,28)(H,25,31)(H,26,29)(H,27,30)(H,32,33). The smallest absolute Gasteiger partial charge is 0.326 e. The normalized spacial score (nSPS) is 14.8. The third-order valence-electron chi connectivity index (χ3n) is 4.91. The van der Waals surface area contributed by atoms with Crippen LogP contribution in [-0.4, -0.2) is 65.4 Å². The first-order valence-electron chi connectivity index (χ1n) is 11.2. The van der Waals surface area contributed by atoms with E-state index in [1.54, 1.807) is 13.8 Å². The number of hydrogen-bond donors (Lipinski definition) is 7. The SMILES string of the molecule is CC(C)CC(N)C(=O)NC(CC(N)=O)C(=O)NC(C(=O)NC(CCCCN)C(=O)O)C(C)C. The van der Waals surface area contributed by atoms with Gasteiger partial charge in [0.1, 0.15) is 18.1 Å². The molecule has 33 heavy (non-hydrogen) atoms. The summed E-state index contributed by atoms with van der Waals surface area (Å²) in [5.41, 5.74) is 16.5. The zero-order chi connectivity index (χ0) is 25.7. The summed E-state index contributed by atoms with van der Waals surface area (Å²) < 4.78 is 0. The van der Waals surface area contributed by atoms with Gasteiger partial charge in [0, 0.05) is 0 Å². The number of carboxylic acid groups (broad SMARTS) is 1. The van der Waals surface area contributed by atoms with E-state index in [1.807, 2.05) is 13.8 Å². The molecule has 10 N–H and O–H groups in total. The Morgan fingerprint density at radius 3 is 1.88 bits per heavy atom. The second kappa shape index (κ2) is 15.2. The second-order valence-corrected chi connectivity index (χ2v) is 8.88. The highest BCUT2D eigenvalue weighted by Crippen LogP contribution is 2.08. The maximum absolute atomic E-state index is 12.8. The summed E-state index contributed by atoms with van der Waals surface area (Å²) in [6.07, 6.45) is 1.18. The molecule has 0 bridgehead atoms. The summed E-state index contributed by atoms with van der Waals surface area (Å²) >= 11 is 0. The molecule has 0 rings (SSSR count). The van der Waals surface area contributed by atoms with Crippen LogP contribution in [0.15, 0.2) is 0 Å². The molecule has 12 heteroatoms. The fourth-order valence-corrected chi connectivity index (χ4v) is 3.10. The largest absolute Gasteiger partial charge is 0.480 e. The first-order chi connectivity index (χ1) is 15.3. The highest BCUT2D eigenvalue weighted by molar-refractivity contribution is 5.96. The van der Waals surface area contributed by atoms with E-state index >= 15 is 0 Å². The molecule has 12 nitrogen and oxygen atoms in total. The van der Waals surface area contributed by atoms with Crippen molar-refractivity contribution in [2.24, 2.45) is 29.0 Å². The van der Waals surface area contributed by atoms with Crippen molar-refractivity contribution in [1.82, 2.24) is 16.0 Å². The van der Waals surface area contributed by atoms with Gasteiger partial charge >= 0.3 is 5.97 Å². The molecular weight excluding hydrogens is 432 g/mol. The first-order valence-corrected chi connectivity index (χ1v) is 11.2. The lowest BCUT2D eigenvalue weighted by molar-refractivity contribution is -0.143. The van der Waals surface area contributed by atoms with Crippen LogP contribution < -0.4 is 33.2 Å². The molecule has 4 unspecified atom stereocenters. The summed E-state index contributed by atoms with van der Waals surface area (Å²) in [5.74, 6) is -4.43. The van der Waals surface area contributed by atoms with Crippen molar-refractivity contribution in [2.75, 3.05) is 6.54 Å². The van der Waals surface area contributed by atoms with E-state index in [0.717, 1.165) is 0 Å². The van der Waals surface area contributed by atoms with Crippen molar-refractivity contribution >= 4 is 29.6 Å². The van der Waals surface area contributed by atoms with Crippen LogP contribution in [0.5, 0.6) is 0 Å². The Kier molecular flexibility index (Phi) is 13.9. The number of primary amides is 1. The summed E-state index contributed by atoms with van der Waals surface area (Å²) in [6.45, 7) is 7.49. The number of hydrogen-bond acceptors (Lipinski definition) is 7. The van der Waals surface area contributed by atoms with Gasteiger partial charge in [-0.25, -0.2) is 4.79 Å². The molecule has 0 heterocycles. The van der Waals surface area contributed by atoms with E-state index in [1.165, 1.54) is 0 Å². The van der Waals surface area contributed by atoms with E-state index in [9.17, 15) is 29.1 Å². The molecule has 190 valence electrons. The van der Waals surface area contributed by atoms with Crippen LogP contribution in [0.25, 0.3) is 0 Å². The van der Waals surface area contributed by atoms with Crippen LogP contribution in [0, 0.1) is 11.8 Å². The van der Waals surface area contributed by atoms with Gasteiger partial charge in [-0.2, -0.15) is 0 Å². The number of unbranched alkanes of at least 4 members (excludes halogenated alkanes) is 1. The molecule has 0 aromatic carbocycles. The van der Waals surface area contributed by atoms with Crippen molar-refractivity contribution in [3.63, 3.8) is 0 Å². The van der Waals surface area contributed by atoms with Gasteiger partial charge in [-0.15, -0.1) is 0 Å². The van der Waals surface area contributed by atoms with Gasteiger partial charge in [0.2, 0.25) is 23.6 Å². The Balaban J connectivity index is 5.38. The Morgan fingerprint density at radius 2 is 1.42 bits per heavy atom. The minimum Gasteiger partial charge on any atom is -0.480 e. The molecule has 0 fully saturated rings. The van der Waals surface area contributed by atoms with Crippen LogP contribution in [0.2, 0.25) is 0 Å². The van der Waals surface area contributed by atoms with Crippen molar-refractivity contribution in [3.05, 3.63) is 0 Å². The summed E-state index contributed by atoms with van der Waals surface area (Å²) in [4.78, 5) is 60.9. The Bertz CT molecular complexity index is 684. The fraction of sp³-hybridized carbons (Fsp3) is 0.762. The van der Waals surface area contributed by atoms with Gasteiger partial charge in [0.25, 0.3) is 0 Å². The predicted molar refractivity (Wildman–Crippen MR) is 122 cm³/mol. The van der Waals surface area contributed by atoms with E-state index in [2.05, 4.69) is 16.0 Å². The molecule has 0 radical (unpaired) electrons. The highest BCUT2D eigenvalue weighted by atomic mass is 16.4. The molecule has 0 aliphatic rings. The molecule has 0 aliphatic heterocycles. The van der Waals surface area contributed by atoms with Gasteiger partial charge in [-0.3, -0.25) is 19.2 Å². The van der Waals surface area contributed by atoms with Gasteiger partial charge in [0.05, 0.1) is 12.5 Å². The Morgan fingerprint density at radius 1 is 0.848 bits per heavy atom. The molecule has 4 atom stereocenters. The van der Waals surface area contributed by atoms with Crippen LogP contribution >= 0.6 is 0 Å². The number of nitrogens with one attached hydrogen (secondary N) is 3. The number of carboxylic acids is 1. The minimum atomic E-state index is -1.33. The number of amides is 4. The van der Waals surface area contributed by atoms with E-state index in [4.69, 9.17) is 17.2 Å². The summed E-state index contributed by atoms with van der Waals surface area (Å²) in [6, 6.07) is -4.47. The average molecular weight is 473 g/mol. The zero-order valence-electron chi connectivity index (χ0n) is 19.9. The van der Waals surface area contributed by atoms with E-state index in [0.29, 0.717) is 25.8 Å². The Hall–Kier alpha value is -2.73. The Labute approximate surface area is 194 Å². The third kappa shape index (κ3) is 12.2. The topological polar surface area (TPSA) is 220 Å². The zero-order valence-corrected chi connectivity index (χ0v) is 19.9. The first kappa shape index (κ1) is 30.3. The minimum absolute atomic E-state index is 0.134. The molecule has 0 aromatic heterocycles. The van der Waals surface area contributed by atoms with Gasteiger partial charge in [-0.1, -0.05) is 27.7 Å². The maximum atomic E-state index is 12.8. The predicted octanol–water partition coefficient (Wildman–Crippen LogP) is -1.44. The number of rotatable bonds is 16. The number of aliphatic carboxylic acids is 1. The van der Waals surface area contributed by atoms with Crippen LogP contribution in [0.3, 0.4) is 0 Å². The quantitative estimate of drug-likeness (QED) is 0.131. The van der Waals surface area contributed by atoms with Gasteiger partial charge in [-0.05, 0) is 44.1 Å². The highest BCUT2D eigenvalue weighted by Gasteiger charge is 2.32. The van der Waals surface area contributed by atoms with Crippen molar-refractivity contribution < 1.29 is 29.1 Å². The molecule has 0 aliphatic carbocycles. The number of carbonyl (C=O) groups is 5. The molecule has 0 aromatic rings. The van der Waals surface area contributed by atoms with E-state index < -0.39 is 66.1 Å². The van der Waals surface area contributed by atoms with Crippen LogP contribution in [0.4, 0.5) is 0 Å². The van der Waals surface area contributed by atoms with Gasteiger partial charge < -0.3 is 38.3 Å². The van der Waals surface area contributed by atoms with Crippen molar-refractivity contribution in [1.29, 1.82) is 0 Å². The lowest BCUT2D eigenvalue weighted by Crippen LogP contribution is -2.59. The maximum Gasteiger partial charge on any atom is 0.326 e. The number of nitrogens with two attached hydrogens (primary N) is 3. The lowest BCUT2D eigenvalue weighted by atomic mass is 10.0. The summed E-state index contributed by atoms with van der Waals surface area (Å²) in [5, 5.41) is 16.7. The monoisotopic (exact) mass is 472 g/mol. The fourth-order valence-electron chi connectivity index (χ4n) is 3.10. The van der Waals surface area contributed by atoms with Crippen molar-refractivity contribution in [2.45, 2.75) is 84.0 Å². The van der Waals surface area contributed by atoms with E-state index in [-0.39, 0.29) is 12.3 Å². The molecule has 0 saturated carbocycles. The van der Waals surface area contributed by atoms with Gasteiger partial charge in [0.15, 0.2) is 0 Å². The lowest BCUT2D eigenvalue weighted by Gasteiger charge is -2.27. The third-order valence-corrected chi connectivity index (χ3v) is 4.91. The average Bonchev–Trinajstić information content (AvgIpc) is 2.69. The van der Waals surface area contributed by atoms with Crippen LogP contribution in [-0.2, 0) is 24.0 Å². The van der Waals surface area contributed by atoms with Crippen LogP contribution in [0.1, 0.15) is 59.8 Å². The molecular formula is C21H40N6O6.